The van der Waals surface area contributed by atoms with Crippen LogP contribution in [0.1, 0.15) is 12.5 Å². The van der Waals surface area contributed by atoms with Gasteiger partial charge in [-0.3, -0.25) is 4.79 Å². The highest BCUT2D eigenvalue weighted by molar-refractivity contribution is 9.10. The Morgan fingerprint density at radius 2 is 2.19 bits per heavy atom. The molecule has 1 aromatic carbocycles. The summed E-state index contributed by atoms with van der Waals surface area (Å²) in [5.41, 5.74) is 0.565. The van der Waals surface area contributed by atoms with Crippen molar-refractivity contribution in [3.05, 3.63) is 22.2 Å². The molecule has 1 atom stereocenters. The summed E-state index contributed by atoms with van der Waals surface area (Å²) in [7, 11) is 1.52. The number of carboxylic acids is 1. The van der Waals surface area contributed by atoms with Crippen LogP contribution in [0, 0.1) is 5.92 Å². The van der Waals surface area contributed by atoms with E-state index in [1.807, 2.05) is 0 Å². The van der Waals surface area contributed by atoms with Crippen molar-refractivity contribution in [2.45, 2.75) is 13.3 Å². The Balaban J connectivity index is 3.00. The fourth-order valence-electron chi connectivity index (χ4n) is 1.32. The van der Waals surface area contributed by atoms with Gasteiger partial charge in [0.15, 0.2) is 0 Å². The maximum Gasteiger partial charge on any atom is 0.306 e. The molecule has 0 aliphatic carbocycles. The molecule has 1 unspecified atom stereocenters. The molecule has 0 saturated heterocycles. The summed E-state index contributed by atoms with van der Waals surface area (Å²) in [4.78, 5) is 10.7. The average molecular weight is 289 g/mol. The first kappa shape index (κ1) is 12.8. The minimum Gasteiger partial charge on any atom is -0.508 e. The highest BCUT2D eigenvalue weighted by Gasteiger charge is 2.16. The second-order valence-corrected chi connectivity index (χ2v) is 4.41. The summed E-state index contributed by atoms with van der Waals surface area (Å²) >= 11 is 3.24. The molecule has 2 N–H and O–H groups in total. The van der Waals surface area contributed by atoms with Crippen LogP contribution in [0.15, 0.2) is 16.6 Å². The molecule has 5 heteroatoms. The quantitative estimate of drug-likeness (QED) is 0.893. The van der Waals surface area contributed by atoms with Gasteiger partial charge >= 0.3 is 5.97 Å². The summed E-state index contributed by atoms with van der Waals surface area (Å²) in [6.45, 7) is 1.59. The minimum absolute atomic E-state index is 0.0702. The van der Waals surface area contributed by atoms with E-state index >= 15 is 0 Å². The van der Waals surface area contributed by atoms with Crippen molar-refractivity contribution >= 4 is 21.9 Å². The maximum atomic E-state index is 10.7. The number of hydrogen-bond acceptors (Lipinski definition) is 3. The second kappa shape index (κ2) is 5.21. The van der Waals surface area contributed by atoms with Gasteiger partial charge in [0.2, 0.25) is 0 Å². The molecule has 88 valence electrons. The highest BCUT2D eigenvalue weighted by Crippen LogP contribution is 2.33. The first-order valence-electron chi connectivity index (χ1n) is 4.74. The standard InChI is InChI=1S/C11H13BrO4/c1-6(11(14)15)3-7-4-10(16-2)8(12)5-9(7)13/h4-6,13H,3H2,1-2H3,(H,14,15). The van der Waals surface area contributed by atoms with E-state index < -0.39 is 11.9 Å². The lowest BCUT2D eigenvalue weighted by molar-refractivity contribution is -0.141. The number of carboxylic acid groups (broad SMARTS) is 1. The lowest BCUT2D eigenvalue weighted by Crippen LogP contribution is -2.12. The third-order valence-electron chi connectivity index (χ3n) is 2.30. The molecule has 0 spiro atoms. The summed E-state index contributed by atoms with van der Waals surface area (Å²) in [6.07, 6.45) is 0.269. The van der Waals surface area contributed by atoms with Gasteiger partial charge in [-0.05, 0) is 40.0 Å². The van der Waals surface area contributed by atoms with Crippen LogP contribution < -0.4 is 4.74 Å². The maximum absolute atomic E-state index is 10.7. The molecule has 16 heavy (non-hydrogen) atoms. The average Bonchev–Trinajstić information content (AvgIpc) is 2.21. The molecular formula is C11H13BrO4. The SMILES string of the molecule is COc1cc(CC(C)C(=O)O)c(O)cc1Br. The number of ether oxygens (including phenoxy) is 1. The first-order chi connectivity index (χ1) is 7.45. The Kier molecular flexibility index (Phi) is 4.18. The smallest absolute Gasteiger partial charge is 0.306 e. The van der Waals surface area contributed by atoms with Crippen LogP contribution in [-0.4, -0.2) is 23.3 Å². The second-order valence-electron chi connectivity index (χ2n) is 3.56. The highest BCUT2D eigenvalue weighted by atomic mass is 79.9. The number of hydrogen-bond donors (Lipinski definition) is 2. The van der Waals surface area contributed by atoms with Crippen molar-refractivity contribution in [3.63, 3.8) is 0 Å². The monoisotopic (exact) mass is 288 g/mol. The van der Waals surface area contributed by atoms with Gasteiger partial charge in [-0.2, -0.15) is 0 Å². The number of rotatable bonds is 4. The van der Waals surface area contributed by atoms with Crippen molar-refractivity contribution in [3.8, 4) is 11.5 Å². The number of halogens is 1. The van der Waals surface area contributed by atoms with Crippen molar-refractivity contribution < 1.29 is 19.7 Å². The predicted molar refractivity (Wildman–Crippen MR) is 62.9 cm³/mol. The van der Waals surface area contributed by atoms with Crippen LogP contribution >= 0.6 is 15.9 Å². The van der Waals surface area contributed by atoms with E-state index in [0.29, 0.717) is 15.8 Å². The summed E-state index contributed by atoms with van der Waals surface area (Å²) in [6, 6.07) is 3.14. The summed E-state index contributed by atoms with van der Waals surface area (Å²) in [5.74, 6) is -0.788. The van der Waals surface area contributed by atoms with Crippen LogP contribution in [0.5, 0.6) is 11.5 Å². The van der Waals surface area contributed by atoms with E-state index in [0.717, 1.165) is 0 Å². The van der Waals surface area contributed by atoms with Crippen LogP contribution in [0.2, 0.25) is 0 Å². The Hall–Kier alpha value is -1.23. The van der Waals surface area contributed by atoms with E-state index in [2.05, 4.69) is 15.9 Å². The zero-order valence-corrected chi connectivity index (χ0v) is 10.6. The van der Waals surface area contributed by atoms with E-state index in [4.69, 9.17) is 9.84 Å². The number of phenols is 1. The number of phenolic OH excluding ortho intramolecular Hbond substituents is 1. The van der Waals surface area contributed by atoms with Gasteiger partial charge in [-0.25, -0.2) is 0 Å². The van der Waals surface area contributed by atoms with Gasteiger partial charge in [0.1, 0.15) is 11.5 Å². The molecule has 0 aliphatic rings. The molecule has 0 aliphatic heterocycles. The summed E-state index contributed by atoms with van der Waals surface area (Å²) < 4.78 is 5.72. The largest absolute Gasteiger partial charge is 0.508 e. The van der Waals surface area contributed by atoms with Gasteiger partial charge in [-0.15, -0.1) is 0 Å². The van der Waals surface area contributed by atoms with Crippen molar-refractivity contribution in [2.24, 2.45) is 5.92 Å². The topological polar surface area (TPSA) is 66.8 Å². The first-order valence-corrected chi connectivity index (χ1v) is 5.53. The molecule has 1 rings (SSSR count). The molecular weight excluding hydrogens is 276 g/mol. The third kappa shape index (κ3) is 2.88. The number of aromatic hydroxyl groups is 1. The molecule has 4 nitrogen and oxygen atoms in total. The minimum atomic E-state index is -0.888. The van der Waals surface area contributed by atoms with Gasteiger partial charge < -0.3 is 14.9 Å². The molecule has 0 aromatic heterocycles. The fraction of sp³-hybridized carbons (Fsp3) is 0.364. The van der Waals surface area contributed by atoms with Gasteiger partial charge in [0, 0.05) is 0 Å². The van der Waals surface area contributed by atoms with Crippen molar-refractivity contribution in [1.82, 2.24) is 0 Å². The summed E-state index contributed by atoms with van der Waals surface area (Å²) in [5, 5.41) is 18.5. The third-order valence-corrected chi connectivity index (χ3v) is 2.92. The van der Waals surface area contributed by atoms with Gasteiger partial charge in [0.05, 0.1) is 17.5 Å². The Labute approximate surface area is 102 Å². The zero-order chi connectivity index (χ0) is 12.3. The fourth-order valence-corrected chi connectivity index (χ4v) is 1.82. The van der Waals surface area contributed by atoms with Crippen LogP contribution in [0.3, 0.4) is 0 Å². The van der Waals surface area contributed by atoms with E-state index in [1.54, 1.807) is 13.0 Å². The van der Waals surface area contributed by atoms with E-state index in [9.17, 15) is 9.90 Å². The van der Waals surface area contributed by atoms with Gasteiger partial charge in [0.25, 0.3) is 0 Å². The molecule has 0 amide bonds. The zero-order valence-electron chi connectivity index (χ0n) is 9.03. The molecule has 0 heterocycles. The molecule has 1 aromatic rings. The predicted octanol–water partition coefficient (Wildman–Crippen LogP) is 2.43. The van der Waals surface area contributed by atoms with E-state index in [-0.39, 0.29) is 12.2 Å². The lowest BCUT2D eigenvalue weighted by Gasteiger charge is -2.11. The number of carbonyl (C=O) groups is 1. The van der Waals surface area contributed by atoms with E-state index in [1.165, 1.54) is 13.2 Å². The lowest BCUT2D eigenvalue weighted by atomic mass is 10.0. The molecule has 0 bridgehead atoms. The molecule has 0 fully saturated rings. The Bertz CT molecular complexity index is 403. The Morgan fingerprint density at radius 1 is 1.56 bits per heavy atom. The molecule has 0 saturated carbocycles. The van der Waals surface area contributed by atoms with Crippen molar-refractivity contribution in [2.75, 3.05) is 7.11 Å². The molecule has 0 radical (unpaired) electrons. The normalized spacial score (nSPS) is 12.2. The van der Waals surface area contributed by atoms with Crippen LogP contribution in [0.25, 0.3) is 0 Å². The Morgan fingerprint density at radius 3 is 2.69 bits per heavy atom. The number of benzene rings is 1. The number of methoxy groups -OCH3 is 1. The van der Waals surface area contributed by atoms with Crippen LogP contribution in [0.4, 0.5) is 0 Å². The van der Waals surface area contributed by atoms with Crippen molar-refractivity contribution in [1.29, 1.82) is 0 Å². The number of aliphatic carboxylic acids is 1. The van der Waals surface area contributed by atoms with Gasteiger partial charge in [-0.1, -0.05) is 6.92 Å². The van der Waals surface area contributed by atoms with Crippen LogP contribution in [-0.2, 0) is 11.2 Å².